The van der Waals surface area contributed by atoms with Crippen LogP contribution in [-0.4, -0.2) is 35.8 Å². The zero-order chi connectivity index (χ0) is 14.8. The van der Waals surface area contributed by atoms with E-state index in [9.17, 15) is 4.79 Å². The molecule has 1 aliphatic heterocycles. The van der Waals surface area contributed by atoms with Crippen LogP contribution in [-0.2, 0) is 9.47 Å². The van der Waals surface area contributed by atoms with Gasteiger partial charge in [-0.1, -0.05) is 30.3 Å². The second kappa shape index (κ2) is 5.83. The quantitative estimate of drug-likeness (QED) is 0.790. The molecule has 0 saturated carbocycles. The van der Waals surface area contributed by atoms with Crippen LogP contribution in [0.5, 0.6) is 0 Å². The van der Waals surface area contributed by atoms with Crippen LogP contribution in [0.25, 0.3) is 0 Å². The minimum atomic E-state index is -0.475. The zero-order valence-corrected chi connectivity index (χ0v) is 12.6. The molecule has 0 radical (unpaired) electrons. The van der Waals surface area contributed by atoms with Crippen molar-refractivity contribution in [3.05, 3.63) is 35.9 Å². The number of nitrogens with zero attached hydrogens (tertiary/aromatic N) is 1. The van der Waals surface area contributed by atoms with E-state index in [4.69, 9.17) is 9.47 Å². The lowest BCUT2D eigenvalue weighted by atomic mass is 10.1. The zero-order valence-electron chi connectivity index (χ0n) is 12.6. The molecule has 110 valence electrons. The molecule has 0 aliphatic carbocycles. The molecule has 1 fully saturated rings. The molecule has 2 rings (SSSR count). The lowest BCUT2D eigenvalue weighted by molar-refractivity contribution is -0.0668. The summed E-state index contributed by atoms with van der Waals surface area (Å²) in [5, 5.41) is 0. The van der Waals surface area contributed by atoms with E-state index in [1.807, 2.05) is 58.0 Å². The Morgan fingerprint density at radius 1 is 1.30 bits per heavy atom. The minimum absolute atomic E-state index is 0.0322. The SMILES string of the molecule is C[C@H]1CO[C@H](c2ccccc2)CN1C(=O)OC(C)(C)C. The summed E-state index contributed by atoms with van der Waals surface area (Å²) in [6, 6.07) is 10.0. The van der Waals surface area contributed by atoms with E-state index >= 15 is 0 Å². The smallest absolute Gasteiger partial charge is 0.410 e. The van der Waals surface area contributed by atoms with Crippen LogP contribution < -0.4 is 0 Å². The molecule has 1 amide bonds. The second-order valence-corrected chi connectivity index (χ2v) is 6.21. The van der Waals surface area contributed by atoms with Gasteiger partial charge in [-0.3, -0.25) is 0 Å². The van der Waals surface area contributed by atoms with Crippen LogP contribution in [0.3, 0.4) is 0 Å². The van der Waals surface area contributed by atoms with Gasteiger partial charge in [-0.05, 0) is 33.3 Å². The van der Waals surface area contributed by atoms with Gasteiger partial charge in [0.1, 0.15) is 11.7 Å². The minimum Gasteiger partial charge on any atom is -0.444 e. The number of hydrogen-bond donors (Lipinski definition) is 0. The maximum Gasteiger partial charge on any atom is 0.410 e. The van der Waals surface area contributed by atoms with E-state index < -0.39 is 5.60 Å². The average Bonchev–Trinajstić information content (AvgIpc) is 2.38. The Bertz CT molecular complexity index is 453. The largest absolute Gasteiger partial charge is 0.444 e. The number of carbonyl (C=O) groups is 1. The summed E-state index contributed by atoms with van der Waals surface area (Å²) in [7, 11) is 0. The van der Waals surface area contributed by atoms with Gasteiger partial charge in [-0.2, -0.15) is 0 Å². The van der Waals surface area contributed by atoms with E-state index in [-0.39, 0.29) is 18.2 Å². The van der Waals surface area contributed by atoms with E-state index in [1.165, 1.54) is 0 Å². The summed E-state index contributed by atoms with van der Waals surface area (Å²) in [6.07, 6.45) is -0.353. The fourth-order valence-corrected chi connectivity index (χ4v) is 2.20. The van der Waals surface area contributed by atoms with E-state index in [0.717, 1.165) is 5.56 Å². The maximum atomic E-state index is 12.2. The van der Waals surface area contributed by atoms with Gasteiger partial charge in [0.25, 0.3) is 0 Å². The van der Waals surface area contributed by atoms with Crippen LogP contribution in [0, 0.1) is 0 Å². The number of ether oxygens (including phenoxy) is 2. The van der Waals surface area contributed by atoms with E-state index in [1.54, 1.807) is 4.90 Å². The van der Waals surface area contributed by atoms with Crippen LogP contribution in [0.1, 0.15) is 39.4 Å². The van der Waals surface area contributed by atoms with Crippen molar-refractivity contribution in [2.45, 2.75) is 45.4 Å². The molecular formula is C16H23NO3. The molecular weight excluding hydrogens is 254 g/mol. The average molecular weight is 277 g/mol. The third-order valence-electron chi connectivity index (χ3n) is 3.23. The fourth-order valence-electron chi connectivity index (χ4n) is 2.20. The first-order chi connectivity index (χ1) is 9.37. The predicted molar refractivity (Wildman–Crippen MR) is 77.5 cm³/mol. The van der Waals surface area contributed by atoms with Gasteiger partial charge in [-0.25, -0.2) is 4.79 Å². The van der Waals surface area contributed by atoms with Crippen molar-refractivity contribution in [1.29, 1.82) is 0 Å². The summed E-state index contributed by atoms with van der Waals surface area (Å²) in [6.45, 7) is 8.67. The Kier molecular flexibility index (Phi) is 4.33. The Labute approximate surface area is 120 Å². The van der Waals surface area contributed by atoms with Gasteiger partial charge >= 0.3 is 6.09 Å². The molecule has 1 saturated heterocycles. The monoisotopic (exact) mass is 277 g/mol. The molecule has 2 atom stereocenters. The van der Waals surface area contributed by atoms with Gasteiger partial charge in [0.05, 0.1) is 19.2 Å². The second-order valence-electron chi connectivity index (χ2n) is 6.21. The van der Waals surface area contributed by atoms with Gasteiger partial charge in [0.15, 0.2) is 0 Å². The van der Waals surface area contributed by atoms with Gasteiger partial charge in [0, 0.05) is 0 Å². The number of rotatable bonds is 1. The molecule has 1 aromatic rings. The Hall–Kier alpha value is -1.55. The first-order valence-electron chi connectivity index (χ1n) is 7.03. The lowest BCUT2D eigenvalue weighted by Gasteiger charge is -2.38. The Morgan fingerprint density at radius 3 is 2.55 bits per heavy atom. The third-order valence-corrected chi connectivity index (χ3v) is 3.23. The number of hydrogen-bond acceptors (Lipinski definition) is 3. The highest BCUT2D eigenvalue weighted by Crippen LogP contribution is 2.26. The van der Waals surface area contributed by atoms with Crippen molar-refractivity contribution in [3.63, 3.8) is 0 Å². The van der Waals surface area contributed by atoms with Gasteiger partial charge in [-0.15, -0.1) is 0 Å². The standard InChI is InChI=1S/C16H23NO3/c1-12-11-19-14(13-8-6-5-7-9-13)10-17(12)15(18)20-16(2,3)4/h5-9,12,14H,10-11H2,1-4H3/t12-,14-/m0/s1. The first kappa shape index (κ1) is 14.9. The molecule has 0 unspecified atom stereocenters. The van der Waals surface area contributed by atoms with Crippen molar-refractivity contribution < 1.29 is 14.3 Å². The summed E-state index contributed by atoms with van der Waals surface area (Å²) in [4.78, 5) is 14.0. The van der Waals surface area contributed by atoms with E-state index in [2.05, 4.69) is 0 Å². The molecule has 0 N–H and O–H groups in total. The van der Waals surface area contributed by atoms with Crippen molar-refractivity contribution >= 4 is 6.09 Å². The third kappa shape index (κ3) is 3.73. The molecule has 0 aromatic heterocycles. The highest BCUT2D eigenvalue weighted by atomic mass is 16.6. The van der Waals surface area contributed by atoms with Gasteiger partial charge < -0.3 is 14.4 Å². The van der Waals surface area contributed by atoms with E-state index in [0.29, 0.717) is 13.2 Å². The number of amides is 1. The molecule has 0 spiro atoms. The van der Waals surface area contributed by atoms with Crippen LogP contribution >= 0.6 is 0 Å². The molecule has 4 nitrogen and oxygen atoms in total. The molecule has 4 heteroatoms. The van der Waals surface area contributed by atoms with Crippen molar-refractivity contribution in [2.24, 2.45) is 0 Å². The lowest BCUT2D eigenvalue weighted by Crippen LogP contribution is -2.49. The Balaban J connectivity index is 2.07. The summed E-state index contributed by atoms with van der Waals surface area (Å²) < 4.78 is 11.3. The van der Waals surface area contributed by atoms with Crippen LogP contribution in [0.15, 0.2) is 30.3 Å². The fraction of sp³-hybridized carbons (Fsp3) is 0.562. The summed E-state index contributed by atoms with van der Waals surface area (Å²) in [5.74, 6) is 0. The van der Waals surface area contributed by atoms with Crippen molar-refractivity contribution in [2.75, 3.05) is 13.2 Å². The van der Waals surface area contributed by atoms with Crippen LogP contribution in [0.4, 0.5) is 4.79 Å². The van der Waals surface area contributed by atoms with Crippen molar-refractivity contribution in [1.82, 2.24) is 4.90 Å². The predicted octanol–water partition coefficient (Wildman–Crippen LogP) is 3.38. The Morgan fingerprint density at radius 2 is 1.95 bits per heavy atom. The molecule has 1 heterocycles. The molecule has 0 bridgehead atoms. The maximum absolute atomic E-state index is 12.2. The molecule has 1 aliphatic rings. The number of benzene rings is 1. The van der Waals surface area contributed by atoms with Gasteiger partial charge in [0.2, 0.25) is 0 Å². The topological polar surface area (TPSA) is 38.8 Å². The normalized spacial score (nSPS) is 23.5. The van der Waals surface area contributed by atoms with Crippen LogP contribution in [0.2, 0.25) is 0 Å². The number of morpholine rings is 1. The molecule has 20 heavy (non-hydrogen) atoms. The van der Waals surface area contributed by atoms with Crippen molar-refractivity contribution in [3.8, 4) is 0 Å². The first-order valence-corrected chi connectivity index (χ1v) is 7.03. The highest BCUT2D eigenvalue weighted by Gasteiger charge is 2.33. The summed E-state index contributed by atoms with van der Waals surface area (Å²) in [5.41, 5.74) is 0.616. The molecule has 1 aromatic carbocycles. The highest BCUT2D eigenvalue weighted by molar-refractivity contribution is 5.68. The summed E-state index contributed by atoms with van der Waals surface area (Å²) >= 11 is 0. The number of carbonyl (C=O) groups excluding carboxylic acids is 1.